The minimum absolute atomic E-state index is 0.150. The van der Waals surface area contributed by atoms with E-state index < -0.39 is 17.8 Å². The molecule has 2 amide bonds. The van der Waals surface area contributed by atoms with E-state index in [2.05, 4.69) is 30.9 Å². The molecule has 0 N–H and O–H groups in total. The highest BCUT2D eigenvalue weighted by Crippen LogP contribution is 2.39. The fraction of sp³-hybridized carbons (Fsp3) is 0.364. The fourth-order valence-corrected chi connectivity index (χ4v) is 5.59. The predicted octanol–water partition coefficient (Wildman–Crippen LogP) is 4.32. The Morgan fingerprint density at radius 3 is 2.58 bits per heavy atom. The van der Waals surface area contributed by atoms with Gasteiger partial charge in [-0.15, -0.1) is 0 Å². The van der Waals surface area contributed by atoms with Gasteiger partial charge in [0.1, 0.15) is 12.4 Å². The van der Waals surface area contributed by atoms with Crippen LogP contribution in [0.5, 0.6) is 11.5 Å². The lowest BCUT2D eigenvalue weighted by atomic mass is 9.96. The number of aryl methyl sites for hydroxylation is 2. The number of halogens is 1. The van der Waals surface area contributed by atoms with E-state index in [0.717, 1.165) is 35.5 Å². The first-order chi connectivity index (χ1) is 20.9. The average Bonchev–Trinajstić information content (AvgIpc) is 3.68. The minimum Gasteiger partial charge on any atom is -0.454 e. The maximum absolute atomic E-state index is 14.1. The monoisotopic (exact) mass is 586 g/mol. The Morgan fingerprint density at radius 1 is 0.977 bits per heavy atom. The van der Waals surface area contributed by atoms with Gasteiger partial charge in [0.05, 0.1) is 25.0 Å². The molecule has 43 heavy (non-hydrogen) atoms. The zero-order chi connectivity index (χ0) is 29.9. The molecule has 10 heteroatoms. The number of hydrazone groups is 1. The summed E-state index contributed by atoms with van der Waals surface area (Å²) in [6, 6.07) is 17.0. The number of morpholine rings is 1. The Bertz CT molecular complexity index is 1550. The van der Waals surface area contributed by atoms with E-state index in [1.54, 1.807) is 6.07 Å². The molecule has 1 saturated heterocycles. The highest BCUT2D eigenvalue weighted by molar-refractivity contribution is 6.04. The number of hydrogen-bond donors (Lipinski definition) is 0. The Morgan fingerprint density at radius 2 is 1.79 bits per heavy atom. The second-order valence-electron chi connectivity index (χ2n) is 11.1. The first-order valence-electron chi connectivity index (χ1n) is 14.6. The lowest BCUT2D eigenvalue weighted by molar-refractivity contribution is -0.133. The molecule has 3 aromatic rings. The van der Waals surface area contributed by atoms with Crippen LogP contribution in [0.1, 0.15) is 45.1 Å². The minimum atomic E-state index is -0.504. The topological polar surface area (TPSA) is 83.9 Å². The van der Waals surface area contributed by atoms with Crippen molar-refractivity contribution in [1.29, 1.82) is 0 Å². The van der Waals surface area contributed by atoms with Crippen molar-refractivity contribution in [2.45, 2.75) is 26.3 Å². The number of nitrogens with zero attached hydrogens (tertiary/aromatic N) is 4. The first kappa shape index (κ1) is 28.8. The average molecular weight is 587 g/mol. The summed E-state index contributed by atoms with van der Waals surface area (Å²) < 4.78 is 30.6. The number of ether oxygens (including phenoxy) is 3. The van der Waals surface area contributed by atoms with Crippen molar-refractivity contribution in [3.8, 4) is 11.5 Å². The molecule has 9 nitrogen and oxygen atoms in total. The molecular formula is C33H35FN4O5. The van der Waals surface area contributed by atoms with Gasteiger partial charge in [-0.1, -0.05) is 24.3 Å². The van der Waals surface area contributed by atoms with Gasteiger partial charge >= 0.3 is 0 Å². The normalized spacial score (nSPS) is 18.1. The van der Waals surface area contributed by atoms with Crippen molar-refractivity contribution in [3.05, 3.63) is 94.3 Å². The van der Waals surface area contributed by atoms with Gasteiger partial charge in [-0.25, -0.2) is 9.40 Å². The van der Waals surface area contributed by atoms with Crippen LogP contribution in [-0.4, -0.2) is 85.1 Å². The molecule has 3 heterocycles. The van der Waals surface area contributed by atoms with Crippen LogP contribution in [0.2, 0.25) is 0 Å². The van der Waals surface area contributed by atoms with Crippen molar-refractivity contribution < 1.29 is 28.2 Å². The molecule has 3 aliphatic rings. The molecule has 0 aromatic heterocycles. The van der Waals surface area contributed by atoms with Crippen molar-refractivity contribution in [3.63, 3.8) is 0 Å². The lowest BCUT2D eigenvalue weighted by Crippen LogP contribution is -2.46. The number of benzene rings is 3. The van der Waals surface area contributed by atoms with E-state index >= 15 is 0 Å². The Balaban J connectivity index is 1.29. The SMILES string of the molecule is Cc1ccc(C2=NN(C(=O)CN(CCN3CCOCC3)C(=O)c3cccc(F)c3)[C@@H](c3ccc4c(c3)OCO4)C2)cc1C. The molecule has 0 unspecified atom stereocenters. The number of amides is 2. The van der Waals surface area contributed by atoms with Crippen molar-refractivity contribution in [2.75, 3.05) is 52.7 Å². The summed E-state index contributed by atoms with van der Waals surface area (Å²) in [6.07, 6.45) is 0.500. The van der Waals surface area contributed by atoms with Gasteiger partial charge < -0.3 is 19.1 Å². The van der Waals surface area contributed by atoms with Gasteiger partial charge in [-0.3, -0.25) is 14.5 Å². The number of carbonyl (C=O) groups is 2. The number of rotatable bonds is 8. The Kier molecular flexibility index (Phi) is 8.40. The van der Waals surface area contributed by atoms with Crippen molar-refractivity contribution in [1.82, 2.24) is 14.8 Å². The van der Waals surface area contributed by atoms with E-state index in [4.69, 9.17) is 19.3 Å². The zero-order valence-corrected chi connectivity index (χ0v) is 24.4. The molecule has 3 aromatic carbocycles. The van der Waals surface area contributed by atoms with E-state index in [1.165, 1.54) is 33.7 Å². The zero-order valence-electron chi connectivity index (χ0n) is 24.4. The summed E-state index contributed by atoms with van der Waals surface area (Å²) >= 11 is 0. The van der Waals surface area contributed by atoms with Crippen LogP contribution in [0.4, 0.5) is 4.39 Å². The molecule has 0 aliphatic carbocycles. The molecule has 1 fully saturated rings. The van der Waals surface area contributed by atoms with Crippen LogP contribution >= 0.6 is 0 Å². The molecule has 1 atom stereocenters. The molecule has 6 rings (SSSR count). The molecule has 0 radical (unpaired) electrons. The summed E-state index contributed by atoms with van der Waals surface area (Å²) in [5.41, 5.74) is 5.10. The van der Waals surface area contributed by atoms with E-state index in [0.29, 0.717) is 44.2 Å². The van der Waals surface area contributed by atoms with Crippen LogP contribution in [0.25, 0.3) is 0 Å². The smallest absolute Gasteiger partial charge is 0.262 e. The van der Waals surface area contributed by atoms with Gasteiger partial charge in [0.25, 0.3) is 11.8 Å². The summed E-state index contributed by atoms with van der Waals surface area (Å²) in [7, 11) is 0. The maximum atomic E-state index is 14.1. The molecular weight excluding hydrogens is 551 g/mol. The van der Waals surface area contributed by atoms with E-state index in [9.17, 15) is 14.0 Å². The summed E-state index contributed by atoms with van der Waals surface area (Å²) in [5.74, 6) is 0.0461. The summed E-state index contributed by atoms with van der Waals surface area (Å²) in [4.78, 5) is 31.4. The molecule has 0 spiro atoms. The summed E-state index contributed by atoms with van der Waals surface area (Å²) in [5, 5.41) is 6.32. The second-order valence-corrected chi connectivity index (χ2v) is 11.1. The maximum Gasteiger partial charge on any atom is 0.262 e. The second kappa shape index (κ2) is 12.5. The standard InChI is InChI=1S/C33H35FN4O5/c1-22-6-7-24(16-23(22)2)28-19-29(25-8-9-30-31(18-25)43-21-42-30)38(35-28)32(39)20-37(11-10-36-12-14-41-15-13-36)33(40)26-4-3-5-27(34)17-26/h3-9,16-18,29H,10-15,19-21H2,1-2H3/t29-/m1/s1. The van der Waals surface area contributed by atoms with Gasteiger partial charge in [0.15, 0.2) is 11.5 Å². The van der Waals surface area contributed by atoms with Gasteiger partial charge in [-0.2, -0.15) is 5.10 Å². The number of carbonyl (C=O) groups excluding carboxylic acids is 2. The predicted molar refractivity (Wildman–Crippen MR) is 159 cm³/mol. The Labute approximate surface area is 250 Å². The lowest BCUT2D eigenvalue weighted by Gasteiger charge is -2.31. The van der Waals surface area contributed by atoms with Gasteiger partial charge in [0, 0.05) is 38.2 Å². The molecule has 0 bridgehead atoms. The quantitative estimate of drug-likeness (QED) is 0.391. The third-order valence-electron chi connectivity index (χ3n) is 8.26. The Hall–Kier alpha value is -4.28. The van der Waals surface area contributed by atoms with E-state index in [-0.39, 0.29) is 24.8 Å². The molecule has 0 saturated carbocycles. The molecule has 224 valence electrons. The first-order valence-corrected chi connectivity index (χ1v) is 14.6. The van der Waals surface area contributed by atoms with Gasteiger partial charge in [-0.05, 0) is 72.5 Å². The van der Waals surface area contributed by atoms with Crippen LogP contribution in [-0.2, 0) is 9.53 Å². The fourth-order valence-electron chi connectivity index (χ4n) is 5.59. The van der Waals surface area contributed by atoms with Crippen molar-refractivity contribution in [2.24, 2.45) is 5.10 Å². The van der Waals surface area contributed by atoms with E-state index in [1.807, 2.05) is 24.3 Å². The third-order valence-corrected chi connectivity index (χ3v) is 8.26. The van der Waals surface area contributed by atoms with Gasteiger partial charge in [0.2, 0.25) is 6.79 Å². The third kappa shape index (κ3) is 6.40. The van der Waals surface area contributed by atoms with Crippen LogP contribution < -0.4 is 9.47 Å². The van der Waals surface area contributed by atoms with Crippen LogP contribution in [0, 0.1) is 19.7 Å². The summed E-state index contributed by atoms with van der Waals surface area (Å²) in [6.45, 7) is 7.67. The highest BCUT2D eigenvalue weighted by Gasteiger charge is 2.35. The van der Waals surface area contributed by atoms with Crippen LogP contribution in [0.3, 0.4) is 0 Å². The number of fused-ring (bicyclic) bond motifs is 1. The highest BCUT2D eigenvalue weighted by atomic mass is 19.1. The number of hydrogen-bond acceptors (Lipinski definition) is 7. The largest absolute Gasteiger partial charge is 0.454 e. The van der Waals surface area contributed by atoms with Crippen LogP contribution in [0.15, 0.2) is 65.8 Å². The molecule has 3 aliphatic heterocycles. The van der Waals surface area contributed by atoms with Crippen molar-refractivity contribution >= 4 is 17.5 Å².